The number of benzene rings is 1. The number of hydrogen-bond donors (Lipinski definition) is 0. The summed E-state index contributed by atoms with van der Waals surface area (Å²) in [5.41, 5.74) is 1.58. The Hall–Kier alpha value is 0.0187. The first kappa shape index (κ1) is 14.1. The second-order valence-corrected chi connectivity index (χ2v) is 6.07. The van der Waals surface area contributed by atoms with Gasteiger partial charge in [0.25, 0.3) is 0 Å². The molecule has 1 aromatic rings. The molecule has 0 saturated carbocycles. The van der Waals surface area contributed by atoms with E-state index in [9.17, 15) is 0 Å². The molecule has 1 aromatic carbocycles. The molecular formula is C15H23Sn+. The van der Waals surface area contributed by atoms with E-state index >= 15 is 0 Å². The second-order valence-electron chi connectivity index (χ2n) is 4.53. The molecule has 0 aliphatic carbocycles. The van der Waals surface area contributed by atoms with Gasteiger partial charge in [0.2, 0.25) is 0 Å². The fourth-order valence-electron chi connectivity index (χ4n) is 2.01. The molecule has 0 aliphatic heterocycles. The first-order chi connectivity index (χ1) is 7.84. The summed E-state index contributed by atoms with van der Waals surface area (Å²) >= 11 is 1.56. The molecule has 0 unspecified atom stereocenters. The van der Waals surface area contributed by atoms with E-state index in [1.54, 1.807) is 31.7 Å². The number of hydrogen-bond acceptors (Lipinski definition) is 0. The van der Waals surface area contributed by atoms with Crippen molar-refractivity contribution in [3.63, 3.8) is 0 Å². The van der Waals surface area contributed by atoms with Gasteiger partial charge in [0, 0.05) is 0 Å². The summed E-state index contributed by atoms with van der Waals surface area (Å²) in [7, 11) is 0. The van der Waals surface area contributed by atoms with E-state index in [-0.39, 0.29) is 0 Å². The Bertz CT molecular complexity index is 281. The van der Waals surface area contributed by atoms with Crippen LogP contribution < -0.4 is 3.58 Å². The van der Waals surface area contributed by atoms with Gasteiger partial charge in [-0.05, 0) is 0 Å². The van der Waals surface area contributed by atoms with E-state index in [1.165, 1.54) is 51.4 Å². The molecule has 0 amide bonds. The van der Waals surface area contributed by atoms with Crippen LogP contribution in [0.5, 0.6) is 0 Å². The minimum absolute atomic E-state index is 1.29. The standard InChI is InChI=1S/C15H23.Sn/c1-2-3-4-5-6-7-9-12-15-13-10-8-11-14-15;/h8,10-11,13H,2-7,9,12H2,1H3;/q;+1. The van der Waals surface area contributed by atoms with Crippen molar-refractivity contribution in [2.24, 2.45) is 0 Å². The van der Waals surface area contributed by atoms with Crippen LogP contribution >= 0.6 is 0 Å². The van der Waals surface area contributed by atoms with Crippen molar-refractivity contribution in [2.75, 3.05) is 0 Å². The fraction of sp³-hybridized carbons (Fsp3) is 0.600. The van der Waals surface area contributed by atoms with Gasteiger partial charge in [-0.2, -0.15) is 0 Å². The summed E-state index contributed by atoms with van der Waals surface area (Å²) in [5.74, 6) is 0. The number of aryl methyl sites for hydroxylation is 1. The predicted octanol–water partition coefficient (Wildman–Crippen LogP) is 3.77. The van der Waals surface area contributed by atoms with Crippen LogP contribution in [0.2, 0.25) is 0 Å². The van der Waals surface area contributed by atoms with Gasteiger partial charge in [-0.25, -0.2) is 0 Å². The molecule has 0 nitrogen and oxygen atoms in total. The molecule has 0 bridgehead atoms. The Labute approximate surface area is 114 Å². The van der Waals surface area contributed by atoms with E-state index in [0.717, 1.165) is 0 Å². The predicted molar refractivity (Wildman–Crippen MR) is 73.5 cm³/mol. The normalized spacial score (nSPS) is 10.6. The van der Waals surface area contributed by atoms with Crippen molar-refractivity contribution >= 4 is 26.1 Å². The molecule has 0 aromatic heterocycles. The van der Waals surface area contributed by atoms with Gasteiger partial charge < -0.3 is 0 Å². The Morgan fingerprint density at radius 1 is 0.875 bits per heavy atom. The van der Waals surface area contributed by atoms with Gasteiger partial charge >= 0.3 is 114 Å². The van der Waals surface area contributed by atoms with Crippen LogP contribution in [0.15, 0.2) is 24.3 Å². The summed E-state index contributed by atoms with van der Waals surface area (Å²) in [4.78, 5) is 0. The number of rotatable bonds is 8. The summed E-state index contributed by atoms with van der Waals surface area (Å²) < 4.78 is 1.54. The summed E-state index contributed by atoms with van der Waals surface area (Å²) in [6.45, 7) is 2.28. The maximum absolute atomic E-state index is 2.29. The summed E-state index contributed by atoms with van der Waals surface area (Å²) in [6.07, 6.45) is 11.1. The van der Waals surface area contributed by atoms with Crippen molar-refractivity contribution in [3.8, 4) is 0 Å². The first-order valence-corrected chi connectivity index (χ1v) is 8.07. The van der Waals surface area contributed by atoms with Gasteiger partial charge in [0.1, 0.15) is 0 Å². The van der Waals surface area contributed by atoms with Gasteiger partial charge in [-0.3, -0.25) is 0 Å². The Morgan fingerprint density at radius 2 is 1.50 bits per heavy atom. The molecule has 0 atom stereocenters. The van der Waals surface area contributed by atoms with Crippen LogP contribution in [0.25, 0.3) is 0 Å². The van der Waals surface area contributed by atoms with E-state index in [0.29, 0.717) is 0 Å². The molecule has 1 rings (SSSR count). The molecular weight excluding hydrogens is 299 g/mol. The molecule has 2 radical (unpaired) electrons. The molecule has 0 fully saturated rings. The quantitative estimate of drug-likeness (QED) is 0.505. The molecule has 0 heterocycles. The van der Waals surface area contributed by atoms with Crippen molar-refractivity contribution < 1.29 is 0 Å². The van der Waals surface area contributed by atoms with E-state index < -0.39 is 0 Å². The summed E-state index contributed by atoms with van der Waals surface area (Å²) in [5, 5.41) is 0. The van der Waals surface area contributed by atoms with Crippen LogP contribution in [0, 0.1) is 0 Å². The summed E-state index contributed by atoms with van der Waals surface area (Å²) in [6, 6.07) is 8.87. The van der Waals surface area contributed by atoms with Crippen LogP contribution in [-0.2, 0) is 6.42 Å². The van der Waals surface area contributed by atoms with Gasteiger partial charge in [-0.15, -0.1) is 0 Å². The van der Waals surface area contributed by atoms with Crippen LogP contribution in [0.1, 0.15) is 57.4 Å². The molecule has 0 saturated heterocycles. The molecule has 16 heavy (non-hydrogen) atoms. The first-order valence-electron chi connectivity index (χ1n) is 6.64. The van der Waals surface area contributed by atoms with Gasteiger partial charge in [0.05, 0.1) is 0 Å². The molecule has 0 aliphatic rings. The molecule has 1 heteroatoms. The maximum atomic E-state index is 2.29. The SMILES string of the molecule is CCCCCCCCCc1cccc[c]1[Sn+]. The Balaban J connectivity index is 2.05. The van der Waals surface area contributed by atoms with Crippen LogP contribution in [0.3, 0.4) is 0 Å². The molecule has 0 spiro atoms. The second kappa shape index (κ2) is 9.09. The third kappa shape index (κ3) is 5.93. The van der Waals surface area contributed by atoms with Crippen molar-refractivity contribution in [3.05, 3.63) is 29.8 Å². The monoisotopic (exact) mass is 323 g/mol. The van der Waals surface area contributed by atoms with Crippen LogP contribution in [-0.4, -0.2) is 22.5 Å². The zero-order valence-corrected chi connectivity index (χ0v) is 13.3. The molecule has 0 N–H and O–H groups in total. The zero-order valence-electron chi connectivity index (χ0n) is 10.5. The van der Waals surface area contributed by atoms with Gasteiger partial charge in [-0.1, -0.05) is 0 Å². The number of unbranched alkanes of at least 4 members (excludes halogenated alkanes) is 6. The van der Waals surface area contributed by atoms with E-state index in [4.69, 9.17) is 0 Å². The van der Waals surface area contributed by atoms with Crippen LogP contribution in [0.4, 0.5) is 0 Å². The third-order valence-corrected chi connectivity index (χ3v) is 4.46. The molecule has 86 valence electrons. The third-order valence-electron chi connectivity index (χ3n) is 3.07. The van der Waals surface area contributed by atoms with Crippen molar-refractivity contribution in [1.82, 2.24) is 0 Å². The van der Waals surface area contributed by atoms with E-state index in [2.05, 4.69) is 31.2 Å². The van der Waals surface area contributed by atoms with Gasteiger partial charge in [0.15, 0.2) is 0 Å². The average molecular weight is 322 g/mol. The zero-order chi connectivity index (χ0) is 11.6. The van der Waals surface area contributed by atoms with E-state index in [1.807, 2.05) is 0 Å². The topological polar surface area (TPSA) is 0 Å². The Kier molecular flexibility index (Phi) is 8.00. The van der Waals surface area contributed by atoms with Crippen molar-refractivity contribution in [2.45, 2.75) is 58.3 Å². The fourth-order valence-corrected chi connectivity index (χ4v) is 2.88. The minimum atomic E-state index is 1.29. The van der Waals surface area contributed by atoms with Crippen molar-refractivity contribution in [1.29, 1.82) is 0 Å². The Morgan fingerprint density at radius 3 is 2.19 bits per heavy atom. The average Bonchev–Trinajstić information content (AvgIpc) is 2.30.